The van der Waals surface area contributed by atoms with E-state index in [1.54, 1.807) is 4.90 Å². The molecule has 0 radical (unpaired) electrons. The fourth-order valence-corrected chi connectivity index (χ4v) is 2.25. The second-order valence-electron chi connectivity index (χ2n) is 4.46. The number of amides is 1. The third-order valence-corrected chi connectivity index (χ3v) is 3.78. The van der Waals surface area contributed by atoms with Crippen LogP contribution < -0.4 is 5.43 Å². The summed E-state index contributed by atoms with van der Waals surface area (Å²) in [5.41, 5.74) is -0.0654. The van der Waals surface area contributed by atoms with Gasteiger partial charge in [0.2, 0.25) is 0 Å². The molecule has 0 aliphatic carbocycles. The summed E-state index contributed by atoms with van der Waals surface area (Å²) in [6.45, 7) is 3.25. The van der Waals surface area contributed by atoms with Crippen molar-refractivity contribution in [2.75, 3.05) is 13.1 Å². The number of halogens is 1. The molecule has 0 spiro atoms. The van der Waals surface area contributed by atoms with E-state index in [1.807, 2.05) is 0 Å². The number of piperidine rings is 1. The second-order valence-corrected chi connectivity index (χ2v) is 5.02. The van der Waals surface area contributed by atoms with Gasteiger partial charge in [0, 0.05) is 31.5 Å². The number of aromatic nitrogens is 1. The van der Waals surface area contributed by atoms with E-state index in [-0.39, 0.29) is 22.3 Å². The van der Waals surface area contributed by atoms with Gasteiger partial charge in [0.05, 0.1) is 5.38 Å². The van der Waals surface area contributed by atoms with Crippen LogP contribution in [-0.4, -0.2) is 34.3 Å². The van der Waals surface area contributed by atoms with Crippen LogP contribution in [0.1, 0.15) is 23.7 Å². The Labute approximate surface area is 105 Å². The van der Waals surface area contributed by atoms with Crippen molar-refractivity contribution in [1.82, 2.24) is 9.88 Å². The van der Waals surface area contributed by atoms with Crippen LogP contribution in [0.3, 0.4) is 0 Å². The van der Waals surface area contributed by atoms with Gasteiger partial charge in [0.15, 0.2) is 5.43 Å². The Morgan fingerprint density at radius 3 is 3.00 bits per heavy atom. The summed E-state index contributed by atoms with van der Waals surface area (Å²) in [5.74, 6) is 0.180. The number of alkyl halides is 1. The summed E-state index contributed by atoms with van der Waals surface area (Å²) in [4.78, 5) is 28.1. The zero-order chi connectivity index (χ0) is 12.4. The van der Waals surface area contributed by atoms with Crippen LogP contribution in [0, 0.1) is 5.92 Å². The lowest BCUT2D eigenvalue weighted by Gasteiger charge is -2.33. The first-order valence-electron chi connectivity index (χ1n) is 5.70. The maximum absolute atomic E-state index is 12.1. The molecular formula is C12H15ClN2O2. The third-order valence-electron chi connectivity index (χ3n) is 3.21. The van der Waals surface area contributed by atoms with E-state index in [1.165, 1.54) is 18.5 Å². The molecule has 2 unspecified atom stereocenters. The third kappa shape index (κ3) is 2.52. The molecule has 5 heteroatoms. The van der Waals surface area contributed by atoms with Crippen molar-refractivity contribution in [2.45, 2.75) is 18.7 Å². The van der Waals surface area contributed by atoms with E-state index in [2.05, 4.69) is 11.9 Å². The van der Waals surface area contributed by atoms with Gasteiger partial charge in [0.25, 0.3) is 5.91 Å². The van der Waals surface area contributed by atoms with Gasteiger partial charge in [-0.2, -0.15) is 0 Å². The molecule has 2 atom stereocenters. The molecule has 1 N–H and O–H groups in total. The molecule has 1 aliphatic rings. The molecule has 4 nitrogen and oxygen atoms in total. The molecule has 1 aromatic heterocycles. The van der Waals surface area contributed by atoms with E-state index in [4.69, 9.17) is 11.6 Å². The van der Waals surface area contributed by atoms with Gasteiger partial charge >= 0.3 is 0 Å². The van der Waals surface area contributed by atoms with Crippen molar-refractivity contribution in [3.63, 3.8) is 0 Å². The van der Waals surface area contributed by atoms with Crippen molar-refractivity contribution >= 4 is 17.5 Å². The highest BCUT2D eigenvalue weighted by molar-refractivity contribution is 6.21. The Morgan fingerprint density at radius 2 is 2.35 bits per heavy atom. The summed E-state index contributed by atoms with van der Waals surface area (Å²) >= 11 is 6.15. The monoisotopic (exact) mass is 254 g/mol. The summed E-state index contributed by atoms with van der Waals surface area (Å²) in [6, 6.07) is 1.36. The highest BCUT2D eigenvalue weighted by Gasteiger charge is 2.28. The van der Waals surface area contributed by atoms with Crippen LogP contribution in [0.4, 0.5) is 0 Å². The minimum absolute atomic E-state index is 0.0320. The lowest BCUT2D eigenvalue weighted by molar-refractivity contribution is 0.0700. The highest BCUT2D eigenvalue weighted by atomic mass is 35.5. The van der Waals surface area contributed by atoms with Gasteiger partial charge in [-0.1, -0.05) is 6.92 Å². The van der Waals surface area contributed by atoms with E-state index in [0.29, 0.717) is 19.0 Å². The normalized spacial score (nSPS) is 24.7. The standard InChI is InChI=1S/C12H15ClN2O2/c1-8-3-5-15(7-10(8)13)12(17)9-6-14-4-2-11(9)16/h2,4,6,8,10H,3,5,7H2,1H3,(H,14,16). The first-order valence-corrected chi connectivity index (χ1v) is 6.13. The number of rotatable bonds is 1. The fourth-order valence-electron chi connectivity index (χ4n) is 1.96. The number of carbonyl (C=O) groups excluding carboxylic acids is 1. The maximum atomic E-state index is 12.1. The SMILES string of the molecule is CC1CCN(C(=O)c2c[nH]ccc2=O)CC1Cl. The Balaban J connectivity index is 2.17. The zero-order valence-electron chi connectivity index (χ0n) is 9.65. The maximum Gasteiger partial charge on any atom is 0.259 e. The van der Waals surface area contributed by atoms with Gasteiger partial charge in [-0.25, -0.2) is 0 Å². The minimum atomic E-state index is -0.251. The summed E-state index contributed by atoms with van der Waals surface area (Å²) in [7, 11) is 0. The van der Waals surface area contributed by atoms with Crippen LogP contribution in [0.2, 0.25) is 0 Å². The van der Waals surface area contributed by atoms with Gasteiger partial charge in [-0.3, -0.25) is 9.59 Å². The van der Waals surface area contributed by atoms with E-state index < -0.39 is 0 Å². The second kappa shape index (κ2) is 4.92. The molecule has 17 heavy (non-hydrogen) atoms. The van der Waals surface area contributed by atoms with Crippen molar-refractivity contribution in [3.05, 3.63) is 34.2 Å². The van der Waals surface area contributed by atoms with Crippen LogP contribution >= 0.6 is 11.6 Å². The van der Waals surface area contributed by atoms with Crippen LogP contribution in [0.15, 0.2) is 23.3 Å². The molecule has 1 amide bonds. The molecule has 1 fully saturated rings. The summed E-state index contributed by atoms with van der Waals surface area (Å²) in [5, 5.41) is -0.0320. The van der Waals surface area contributed by atoms with Gasteiger partial charge in [-0.15, -0.1) is 11.6 Å². The van der Waals surface area contributed by atoms with E-state index >= 15 is 0 Å². The number of hydrogen-bond donors (Lipinski definition) is 1. The molecule has 1 saturated heterocycles. The van der Waals surface area contributed by atoms with Crippen LogP contribution in [0.5, 0.6) is 0 Å². The number of hydrogen-bond acceptors (Lipinski definition) is 2. The number of carbonyl (C=O) groups is 1. The fraction of sp³-hybridized carbons (Fsp3) is 0.500. The average molecular weight is 255 g/mol. The molecule has 0 aromatic carbocycles. The Morgan fingerprint density at radius 1 is 1.59 bits per heavy atom. The lowest BCUT2D eigenvalue weighted by Crippen LogP contribution is -2.45. The molecule has 1 aromatic rings. The van der Waals surface area contributed by atoms with Crippen molar-refractivity contribution in [2.24, 2.45) is 5.92 Å². The molecule has 2 heterocycles. The predicted molar refractivity (Wildman–Crippen MR) is 66.4 cm³/mol. The Kier molecular flexibility index (Phi) is 3.52. The molecule has 2 rings (SSSR count). The topological polar surface area (TPSA) is 53.2 Å². The molecular weight excluding hydrogens is 240 g/mol. The number of aromatic amines is 1. The number of pyridine rings is 1. The predicted octanol–water partition coefficient (Wildman–Crippen LogP) is 1.46. The molecule has 0 bridgehead atoms. The minimum Gasteiger partial charge on any atom is -0.367 e. The highest BCUT2D eigenvalue weighted by Crippen LogP contribution is 2.22. The number of nitrogens with one attached hydrogen (secondary N) is 1. The first kappa shape index (κ1) is 12.2. The van der Waals surface area contributed by atoms with Gasteiger partial charge < -0.3 is 9.88 Å². The smallest absolute Gasteiger partial charge is 0.259 e. The number of H-pyrrole nitrogens is 1. The van der Waals surface area contributed by atoms with Crippen LogP contribution in [0.25, 0.3) is 0 Å². The van der Waals surface area contributed by atoms with E-state index in [0.717, 1.165) is 6.42 Å². The lowest BCUT2D eigenvalue weighted by atomic mass is 9.98. The summed E-state index contributed by atoms with van der Waals surface area (Å²) in [6.07, 6.45) is 3.85. The molecule has 0 saturated carbocycles. The van der Waals surface area contributed by atoms with Crippen LogP contribution in [-0.2, 0) is 0 Å². The first-order chi connectivity index (χ1) is 8.09. The van der Waals surface area contributed by atoms with Gasteiger partial charge in [0.1, 0.15) is 5.56 Å². The van der Waals surface area contributed by atoms with Crippen molar-refractivity contribution in [3.8, 4) is 0 Å². The summed E-state index contributed by atoms with van der Waals surface area (Å²) < 4.78 is 0. The van der Waals surface area contributed by atoms with E-state index in [9.17, 15) is 9.59 Å². The van der Waals surface area contributed by atoms with Crippen molar-refractivity contribution < 1.29 is 4.79 Å². The molecule has 92 valence electrons. The quantitative estimate of drug-likeness (QED) is 0.772. The van der Waals surface area contributed by atoms with Gasteiger partial charge in [-0.05, 0) is 12.3 Å². The molecule has 1 aliphatic heterocycles. The number of nitrogens with zero attached hydrogens (tertiary/aromatic N) is 1. The zero-order valence-corrected chi connectivity index (χ0v) is 10.4. The Bertz CT molecular complexity index is 472. The number of likely N-dealkylation sites (tertiary alicyclic amines) is 1. The largest absolute Gasteiger partial charge is 0.367 e. The van der Waals surface area contributed by atoms with Crippen molar-refractivity contribution in [1.29, 1.82) is 0 Å². The Hall–Kier alpha value is -1.29. The average Bonchev–Trinajstić information content (AvgIpc) is 2.32.